The Morgan fingerprint density at radius 2 is 1.55 bits per heavy atom. The van der Waals surface area contributed by atoms with E-state index >= 15 is 0 Å². The van der Waals surface area contributed by atoms with Crippen molar-refractivity contribution in [2.24, 2.45) is 5.41 Å². The molecule has 4 atom stereocenters. The van der Waals surface area contributed by atoms with Crippen molar-refractivity contribution in [2.75, 3.05) is 14.1 Å². The van der Waals surface area contributed by atoms with Gasteiger partial charge >= 0.3 is 6.03 Å². The number of carbonyl (C=O) groups excluding carboxylic acids is 3. The minimum absolute atomic E-state index is 0.00362. The lowest BCUT2D eigenvalue weighted by Crippen LogP contribution is -2.87. The largest absolute Gasteiger partial charge is 0.457 e. The molecule has 40 heavy (non-hydrogen) atoms. The molecule has 1 aliphatic rings. The number of para-hydroxylation sites is 1. The van der Waals surface area contributed by atoms with E-state index in [1.807, 2.05) is 90.9 Å². The number of hydrogen-bond donors (Lipinski definition) is 2. The van der Waals surface area contributed by atoms with Crippen molar-refractivity contribution in [2.45, 2.75) is 91.1 Å². The molecular formula is C32H46N4O4. The number of likely N-dealkylation sites (tertiary alicyclic amines) is 1. The zero-order chi connectivity index (χ0) is 29.7. The van der Waals surface area contributed by atoms with Gasteiger partial charge in [-0.2, -0.15) is 0 Å². The van der Waals surface area contributed by atoms with Crippen LogP contribution in [0.5, 0.6) is 5.75 Å². The Balaban J connectivity index is 2.09. The van der Waals surface area contributed by atoms with Gasteiger partial charge in [0.1, 0.15) is 11.2 Å². The van der Waals surface area contributed by atoms with Gasteiger partial charge in [-0.05, 0) is 71.8 Å². The van der Waals surface area contributed by atoms with E-state index in [4.69, 9.17) is 4.74 Å². The Morgan fingerprint density at radius 3 is 2.08 bits per heavy atom. The maximum atomic E-state index is 14.4. The molecule has 1 fully saturated rings. The first kappa shape index (κ1) is 31.1. The number of nitrogens with one attached hydrogen (secondary N) is 2. The Labute approximate surface area is 239 Å². The van der Waals surface area contributed by atoms with Gasteiger partial charge in [-0.15, -0.1) is 0 Å². The van der Waals surface area contributed by atoms with Crippen LogP contribution in [-0.4, -0.2) is 59.5 Å². The molecule has 1 heterocycles. The minimum Gasteiger partial charge on any atom is -0.457 e. The Hall–Kier alpha value is -3.39. The predicted octanol–water partition coefficient (Wildman–Crippen LogP) is 5.42. The molecule has 1 saturated heterocycles. The van der Waals surface area contributed by atoms with E-state index < -0.39 is 29.0 Å². The van der Waals surface area contributed by atoms with Crippen LogP contribution < -0.4 is 15.4 Å². The summed E-state index contributed by atoms with van der Waals surface area (Å²) in [5, 5.41) is 6.15. The highest BCUT2D eigenvalue weighted by molar-refractivity contribution is 6.13. The molecule has 3 rings (SSSR count). The molecule has 4 amide bonds. The standard InChI is InChI=1S/C32H46N4O4/c1-9-15-27(25-20-18-22(4)19-21-25)34-30(39)36-29(38)31(10-2,11-3)32(36,40-26-16-13-12-14-17-26)28(37)33-23(5)24(6)35(7)8/h12-14,16-21,23-24,27H,9-11,15H2,1-8H3,(H,33,37)(H,34,39). The first-order chi connectivity index (χ1) is 19.0. The third-order valence-corrected chi connectivity index (χ3v) is 8.55. The van der Waals surface area contributed by atoms with E-state index in [-0.39, 0.29) is 18.1 Å². The van der Waals surface area contributed by atoms with Gasteiger partial charge in [-0.3, -0.25) is 9.59 Å². The van der Waals surface area contributed by atoms with Crippen LogP contribution in [0, 0.1) is 12.3 Å². The van der Waals surface area contributed by atoms with E-state index in [0.717, 1.165) is 22.4 Å². The van der Waals surface area contributed by atoms with E-state index in [1.165, 1.54) is 0 Å². The molecule has 0 aliphatic carbocycles. The molecule has 8 nitrogen and oxygen atoms in total. The van der Waals surface area contributed by atoms with Gasteiger partial charge in [0.15, 0.2) is 0 Å². The maximum absolute atomic E-state index is 14.4. The number of amides is 4. The quantitative estimate of drug-likeness (QED) is 0.344. The van der Waals surface area contributed by atoms with Crippen LogP contribution in [0.25, 0.3) is 0 Å². The van der Waals surface area contributed by atoms with Gasteiger partial charge in [-0.25, -0.2) is 9.69 Å². The molecular weight excluding hydrogens is 504 g/mol. The lowest BCUT2D eigenvalue weighted by molar-refractivity contribution is -0.233. The van der Waals surface area contributed by atoms with Gasteiger partial charge in [0.25, 0.3) is 11.6 Å². The summed E-state index contributed by atoms with van der Waals surface area (Å²) in [6.07, 6.45) is 2.17. The second-order valence-corrected chi connectivity index (χ2v) is 11.2. The lowest BCUT2D eigenvalue weighted by atomic mass is 9.63. The molecule has 1 aliphatic heterocycles. The third-order valence-electron chi connectivity index (χ3n) is 8.55. The molecule has 2 aromatic rings. The number of hydrogen-bond acceptors (Lipinski definition) is 5. The highest BCUT2D eigenvalue weighted by Crippen LogP contribution is 2.54. The van der Waals surface area contributed by atoms with Crippen LogP contribution >= 0.6 is 0 Å². The molecule has 0 radical (unpaired) electrons. The topological polar surface area (TPSA) is 91.0 Å². The number of urea groups is 1. The van der Waals surface area contributed by atoms with Gasteiger partial charge in [0, 0.05) is 12.1 Å². The number of carbonyl (C=O) groups is 3. The normalized spacial score (nSPS) is 20.3. The van der Waals surface area contributed by atoms with Crippen LogP contribution in [0.4, 0.5) is 4.79 Å². The second kappa shape index (κ2) is 12.9. The molecule has 4 unspecified atom stereocenters. The molecule has 2 N–H and O–H groups in total. The SMILES string of the molecule is CCCC(NC(=O)N1C(=O)C(CC)(CC)C1(Oc1ccccc1)C(=O)NC(C)C(C)N(C)C)c1ccc(C)cc1. The summed E-state index contributed by atoms with van der Waals surface area (Å²) in [5.41, 5.74) is -1.01. The van der Waals surface area contributed by atoms with Crippen LogP contribution in [0.3, 0.4) is 0 Å². The molecule has 8 heteroatoms. The fourth-order valence-corrected chi connectivity index (χ4v) is 5.59. The fourth-order valence-electron chi connectivity index (χ4n) is 5.59. The molecule has 0 saturated carbocycles. The van der Waals surface area contributed by atoms with Crippen molar-refractivity contribution in [1.29, 1.82) is 0 Å². The van der Waals surface area contributed by atoms with Crippen LogP contribution in [0.2, 0.25) is 0 Å². The number of imide groups is 1. The average molecular weight is 551 g/mol. The highest BCUT2D eigenvalue weighted by atomic mass is 16.5. The first-order valence-electron chi connectivity index (χ1n) is 14.4. The summed E-state index contributed by atoms with van der Waals surface area (Å²) in [4.78, 5) is 45.4. The highest BCUT2D eigenvalue weighted by Gasteiger charge is 2.78. The zero-order valence-electron chi connectivity index (χ0n) is 25.3. The monoisotopic (exact) mass is 550 g/mol. The Kier molecular flexibility index (Phi) is 10.0. The van der Waals surface area contributed by atoms with Crippen molar-refractivity contribution in [3.8, 4) is 5.75 Å². The minimum atomic E-state index is -1.86. The van der Waals surface area contributed by atoms with E-state index in [1.54, 1.807) is 24.3 Å². The number of β-lactam (4-membered cyclic amide) rings is 1. The van der Waals surface area contributed by atoms with Gasteiger partial charge in [-0.1, -0.05) is 75.2 Å². The third kappa shape index (κ3) is 5.59. The second-order valence-electron chi connectivity index (χ2n) is 11.2. The molecule has 0 aromatic heterocycles. The summed E-state index contributed by atoms with van der Waals surface area (Å²) in [6.45, 7) is 11.7. The lowest BCUT2D eigenvalue weighted by Gasteiger charge is -2.60. The number of nitrogens with zero attached hydrogens (tertiary/aromatic N) is 2. The van der Waals surface area contributed by atoms with Crippen molar-refractivity contribution in [1.82, 2.24) is 20.4 Å². The van der Waals surface area contributed by atoms with E-state index in [9.17, 15) is 14.4 Å². The number of aryl methyl sites for hydroxylation is 1. The van der Waals surface area contributed by atoms with Gasteiger partial charge in [0.2, 0.25) is 5.91 Å². The van der Waals surface area contributed by atoms with E-state index in [2.05, 4.69) is 10.6 Å². The summed E-state index contributed by atoms with van der Waals surface area (Å²) < 4.78 is 6.52. The molecule has 218 valence electrons. The number of likely N-dealkylation sites (N-methyl/N-ethyl adjacent to an activating group) is 1. The predicted molar refractivity (Wildman–Crippen MR) is 158 cm³/mol. The van der Waals surface area contributed by atoms with Gasteiger partial charge in [0.05, 0.1) is 6.04 Å². The summed E-state index contributed by atoms with van der Waals surface area (Å²) in [5.74, 6) is -0.502. The maximum Gasteiger partial charge on any atom is 0.328 e. The summed E-state index contributed by atoms with van der Waals surface area (Å²) in [6, 6.07) is 15.7. The first-order valence-corrected chi connectivity index (χ1v) is 14.4. The van der Waals surface area contributed by atoms with Crippen LogP contribution in [-0.2, 0) is 9.59 Å². The molecule has 0 bridgehead atoms. The fraction of sp³-hybridized carbons (Fsp3) is 0.531. The zero-order valence-corrected chi connectivity index (χ0v) is 25.3. The van der Waals surface area contributed by atoms with E-state index in [0.29, 0.717) is 25.0 Å². The number of ether oxygens (including phenoxy) is 1. The van der Waals surface area contributed by atoms with Gasteiger partial charge < -0.3 is 20.3 Å². The van der Waals surface area contributed by atoms with Crippen LogP contribution in [0.1, 0.15) is 77.5 Å². The van der Waals surface area contributed by atoms with Crippen molar-refractivity contribution in [3.63, 3.8) is 0 Å². The van der Waals surface area contributed by atoms with Crippen LogP contribution in [0.15, 0.2) is 54.6 Å². The average Bonchev–Trinajstić information content (AvgIpc) is 2.93. The van der Waals surface area contributed by atoms with Crippen molar-refractivity contribution < 1.29 is 19.1 Å². The van der Waals surface area contributed by atoms with Crippen molar-refractivity contribution >= 4 is 17.8 Å². The number of benzene rings is 2. The number of rotatable bonds is 12. The van der Waals surface area contributed by atoms with Crippen molar-refractivity contribution in [3.05, 3.63) is 65.7 Å². The molecule has 0 spiro atoms. The Morgan fingerprint density at radius 1 is 0.950 bits per heavy atom. The molecule has 2 aromatic carbocycles. The summed E-state index contributed by atoms with van der Waals surface area (Å²) in [7, 11) is 3.88. The Bertz CT molecular complexity index is 1160. The smallest absolute Gasteiger partial charge is 0.328 e. The summed E-state index contributed by atoms with van der Waals surface area (Å²) >= 11 is 0.